The van der Waals surface area contributed by atoms with E-state index in [-0.39, 0.29) is 5.69 Å². The van der Waals surface area contributed by atoms with Gasteiger partial charge in [-0.15, -0.1) is 5.10 Å². The molecule has 2 aromatic rings. The topological polar surface area (TPSA) is 80.9 Å². The molecule has 6 nitrogen and oxygen atoms in total. The Bertz CT molecular complexity index is 551. The molecule has 0 aromatic carbocycles. The lowest BCUT2D eigenvalue weighted by molar-refractivity contribution is 0.0687. The van der Waals surface area contributed by atoms with Crippen LogP contribution in [0.25, 0.3) is 5.13 Å². The quantitative estimate of drug-likeness (QED) is 0.868. The number of hydrogen-bond acceptors (Lipinski definition) is 5. The molecule has 0 fully saturated rings. The standard InChI is InChI=1S/C10H10N4O2S/c15-9(16)7-5-11-13-14(7)10-12-6-3-1-2-4-8(6)17-10/h5H,1-4H2,(H,15,16). The number of fused-ring (bicyclic) bond motifs is 1. The molecule has 0 aliphatic heterocycles. The molecule has 0 bridgehead atoms. The van der Waals surface area contributed by atoms with E-state index in [4.69, 9.17) is 5.11 Å². The van der Waals surface area contributed by atoms with Crippen LogP contribution in [0.4, 0.5) is 0 Å². The SMILES string of the molecule is O=C(O)c1cnnn1-c1nc2c(s1)CCCC2. The van der Waals surface area contributed by atoms with Gasteiger partial charge in [-0.2, -0.15) is 4.68 Å². The minimum atomic E-state index is -1.04. The van der Waals surface area contributed by atoms with Crippen LogP contribution in [0, 0.1) is 0 Å². The minimum absolute atomic E-state index is 0.0519. The van der Waals surface area contributed by atoms with E-state index in [2.05, 4.69) is 15.3 Å². The summed E-state index contributed by atoms with van der Waals surface area (Å²) < 4.78 is 1.30. The molecule has 0 unspecified atom stereocenters. The monoisotopic (exact) mass is 250 g/mol. The first-order valence-corrected chi connectivity index (χ1v) is 6.20. The maximum atomic E-state index is 11.0. The summed E-state index contributed by atoms with van der Waals surface area (Å²) in [5.74, 6) is -1.04. The number of carboxylic acid groups (broad SMARTS) is 1. The van der Waals surface area contributed by atoms with Gasteiger partial charge in [-0.1, -0.05) is 16.6 Å². The Labute approximate surface area is 101 Å². The summed E-state index contributed by atoms with van der Waals surface area (Å²) in [6.07, 6.45) is 5.58. The average molecular weight is 250 g/mol. The molecule has 2 heterocycles. The maximum absolute atomic E-state index is 11.0. The summed E-state index contributed by atoms with van der Waals surface area (Å²) in [6, 6.07) is 0. The van der Waals surface area contributed by atoms with E-state index in [9.17, 15) is 4.79 Å². The van der Waals surface area contributed by atoms with Gasteiger partial charge in [-0.25, -0.2) is 9.78 Å². The van der Waals surface area contributed by atoms with Gasteiger partial charge in [0.15, 0.2) is 5.69 Å². The molecule has 1 aliphatic carbocycles. The first kappa shape index (κ1) is 10.4. The zero-order valence-electron chi connectivity index (χ0n) is 8.96. The molecule has 88 valence electrons. The zero-order chi connectivity index (χ0) is 11.8. The van der Waals surface area contributed by atoms with Crippen molar-refractivity contribution in [1.29, 1.82) is 0 Å². The second-order valence-electron chi connectivity index (χ2n) is 3.91. The fourth-order valence-corrected chi connectivity index (χ4v) is 3.06. The third-order valence-electron chi connectivity index (χ3n) is 2.78. The van der Waals surface area contributed by atoms with Gasteiger partial charge < -0.3 is 5.11 Å². The van der Waals surface area contributed by atoms with E-state index in [1.54, 1.807) is 0 Å². The van der Waals surface area contributed by atoms with Crippen molar-refractivity contribution in [2.45, 2.75) is 25.7 Å². The van der Waals surface area contributed by atoms with Gasteiger partial charge in [-0.05, 0) is 25.7 Å². The van der Waals surface area contributed by atoms with Gasteiger partial charge in [0.05, 0.1) is 11.9 Å². The summed E-state index contributed by atoms with van der Waals surface area (Å²) in [5, 5.41) is 17.0. The highest BCUT2D eigenvalue weighted by molar-refractivity contribution is 7.14. The third-order valence-corrected chi connectivity index (χ3v) is 3.92. The van der Waals surface area contributed by atoms with Crippen LogP contribution in [-0.2, 0) is 12.8 Å². The molecule has 1 aliphatic rings. The van der Waals surface area contributed by atoms with Crippen LogP contribution in [0.2, 0.25) is 0 Å². The van der Waals surface area contributed by atoms with Crippen LogP contribution in [0.1, 0.15) is 33.9 Å². The molecular weight excluding hydrogens is 240 g/mol. The van der Waals surface area contributed by atoms with Gasteiger partial charge in [0, 0.05) is 4.88 Å². The zero-order valence-corrected chi connectivity index (χ0v) is 9.77. The Morgan fingerprint density at radius 1 is 1.41 bits per heavy atom. The van der Waals surface area contributed by atoms with Gasteiger partial charge >= 0.3 is 5.97 Å². The number of aromatic carboxylic acids is 1. The summed E-state index contributed by atoms with van der Waals surface area (Å²) in [6.45, 7) is 0. The number of nitrogens with zero attached hydrogens (tertiary/aromatic N) is 4. The maximum Gasteiger partial charge on any atom is 0.356 e. The van der Waals surface area contributed by atoms with Crippen molar-refractivity contribution < 1.29 is 9.90 Å². The lowest BCUT2D eigenvalue weighted by atomic mass is 10.0. The van der Waals surface area contributed by atoms with Crippen molar-refractivity contribution in [3.63, 3.8) is 0 Å². The fourth-order valence-electron chi connectivity index (χ4n) is 1.95. The molecular formula is C10H10N4O2S. The van der Waals surface area contributed by atoms with Crippen molar-refractivity contribution >= 4 is 17.3 Å². The number of aryl methyl sites for hydroxylation is 2. The van der Waals surface area contributed by atoms with Crippen LogP contribution in [-0.4, -0.2) is 31.1 Å². The lowest BCUT2D eigenvalue weighted by Crippen LogP contribution is -2.07. The minimum Gasteiger partial charge on any atom is -0.476 e. The van der Waals surface area contributed by atoms with Crippen LogP contribution in [0.3, 0.4) is 0 Å². The van der Waals surface area contributed by atoms with Crippen molar-refractivity contribution in [3.05, 3.63) is 22.5 Å². The van der Waals surface area contributed by atoms with Crippen LogP contribution >= 0.6 is 11.3 Å². The molecule has 2 aromatic heterocycles. The van der Waals surface area contributed by atoms with Crippen LogP contribution < -0.4 is 0 Å². The number of rotatable bonds is 2. The Morgan fingerprint density at radius 3 is 3.00 bits per heavy atom. The van der Waals surface area contributed by atoms with Crippen LogP contribution in [0.15, 0.2) is 6.20 Å². The predicted octanol–water partition coefficient (Wildman–Crippen LogP) is 1.30. The molecule has 0 atom stereocenters. The van der Waals surface area contributed by atoms with Crippen molar-refractivity contribution in [1.82, 2.24) is 20.0 Å². The third kappa shape index (κ3) is 1.72. The van der Waals surface area contributed by atoms with Gasteiger partial charge in [-0.3, -0.25) is 0 Å². The van der Waals surface area contributed by atoms with E-state index in [0.717, 1.165) is 25.0 Å². The summed E-state index contributed by atoms with van der Waals surface area (Å²) >= 11 is 1.51. The van der Waals surface area contributed by atoms with Crippen molar-refractivity contribution in [2.75, 3.05) is 0 Å². The van der Waals surface area contributed by atoms with Crippen molar-refractivity contribution in [2.24, 2.45) is 0 Å². The number of aromatic nitrogens is 4. The Balaban J connectivity index is 2.06. The summed E-state index contributed by atoms with van der Waals surface area (Å²) in [4.78, 5) is 16.7. The number of carboxylic acids is 1. The Kier molecular flexibility index (Phi) is 2.40. The van der Waals surface area contributed by atoms with Gasteiger partial charge in [0.25, 0.3) is 0 Å². The first-order valence-electron chi connectivity index (χ1n) is 5.38. The number of thiazole rings is 1. The number of carbonyl (C=O) groups is 1. The first-order chi connectivity index (χ1) is 8.25. The molecule has 0 amide bonds. The molecule has 0 saturated carbocycles. The second kappa shape index (κ2) is 3.92. The van der Waals surface area contributed by atoms with Crippen LogP contribution in [0.5, 0.6) is 0 Å². The molecule has 0 spiro atoms. The summed E-state index contributed by atoms with van der Waals surface area (Å²) in [7, 11) is 0. The molecule has 17 heavy (non-hydrogen) atoms. The van der Waals surface area contributed by atoms with Gasteiger partial charge in [0.2, 0.25) is 5.13 Å². The number of hydrogen-bond donors (Lipinski definition) is 1. The average Bonchev–Trinajstić information content (AvgIpc) is 2.95. The van der Waals surface area contributed by atoms with E-state index in [1.165, 1.54) is 33.5 Å². The molecule has 0 saturated heterocycles. The molecule has 3 rings (SSSR count). The van der Waals surface area contributed by atoms with E-state index >= 15 is 0 Å². The Hall–Kier alpha value is -1.76. The highest BCUT2D eigenvalue weighted by atomic mass is 32.1. The highest BCUT2D eigenvalue weighted by Crippen LogP contribution is 2.28. The largest absolute Gasteiger partial charge is 0.476 e. The molecule has 1 N–H and O–H groups in total. The van der Waals surface area contributed by atoms with Gasteiger partial charge in [0.1, 0.15) is 0 Å². The normalized spacial score (nSPS) is 14.6. The smallest absolute Gasteiger partial charge is 0.356 e. The summed E-state index contributed by atoms with van der Waals surface area (Å²) in [5.41, 5.74) is 1.14. The van der Waals surface area contributed by atoms with E-state index in [0.29, 0.717) is 5.13 Å². The van der Waals surface area contributed by atoms with E-state index < -0.39 is 5.97 Å². The van der Waals surface area contributed by atoms with E-state index in [1.807, 2.05) is 0 Å². The highest BCUT2D eigenvalue weighted by Gasteiger charge is 2.20. The molecule has 7 heteroatoms. The molecule has 0 radical (unpaired) electrons. The Morgan fingerprint density at radius 2 is 2.24 bits per heavy atom. The second-order valence-corrected chi connectivity index (χ2v) is 4.97. The fraction of sp³-hybridized carbons (Fsp3) is 0.400. The lowest BCUT2D eigenvalue weighted by Gasteiger charge is -2.06. The van der Waals surface area contributed by atoms with Crippen molar-refractivity contribution in [3.8, 4) is 5.13 Å². The predicted molar refractivity (Wildman–Crippen MR) is 60.6 cm³/mol.